The van der Waals surface area contributed by atoms with Crippen LogP contribution in [0.3, 0.4) is 0 Å². The van der Waals surface area contributed by atoms with Crippen molar-refractivity contribution in [3.8, 4) is 5.75 Å². The maximum atomic E-state index is 11.6. The van der Waals surface area contributed by atoms with Crippen molar-refractivity contribution in [1.29, 1.82) is 0 Å². The molecule has 5 rings (SSSR count). The minimum Gasteiger partial charge on any atom is -0.491 e. The number of anilines is 1. The summed E-state index contributed by atoms with van der Waals surface area (Å²) in [6.45, 7) is 15.7. The summed E-state index contributed by atoms with van der Waals surface area (Å²) in [7, 11) is 1.77. The Morgan fingerprint density at radius 3 is 2.44 bits per heavy atom. The van der Waals surface area contributed by atoms with Crippen molar-refractivity contribution in [3.63, 3.8) is 0 Å². The summed E-state index contributed by atoms with van der Waals surface area (Å²) in [5, 5.41) is 21.2. The number of nitrogens with one attached hydrogen (secondary N) is 1. The first kappa shape index (κ1) is 47.9. The van der Waals surface area contributed by atoms with Crippen LogP contribution in [0.5, 0.6) is 5.75 Å². The number of aliphatic hydroxyl groups excluding tert-OH is 1. The van der Waals surface area contributed by atoms with Gasteiger partial charge < -0.3 is 34.2 Å². The van der Waals surface area contributed by atoms with Crippen LogP contribution in [0.25, 0.3) is 0 Å². The molecule has 0 aromatic heterocycles. The summed E-state index contributed by atoms with van der Waals surface area (Å²) in [5.74, 6) is 0.372. The number of aryl methyl sites for hydroxylation is 1. The van der Waals surface area contributed by atoms with Crippen molar-refractivity contribution in [2.24, 2.45) is 11.8 Å². The van der Waals surface area contributed by atoms with Crippen LogP contribution in [-0.2, 0) is 25.5 Å². The molecule has 2 saturated carbocycles. The van der Waals surface area contributed by atoms with Gasteiger partial charge in [-0.05, 0) is 110 Å². The number of nitrogens with zero attached hydrogens (tertiary/aromatic N) is 2. The van der Waals surface area contributed by atoms with Gasteiger partial charge in [-0.3, -0.25) is 9.59 Å². The van der Waals surface area contributed by atoms with E-state index in [1.54, 1.807) is 25.8 Å². The van der Waals surface area contributed by atoms with Crippen molar-refractivity contribution in [1.82, 2.24) is 9.62 Å². The second-order valence-corrected chi connectivity index (χ2v) is 15.4. The molecule has 0 radical (unpaired) electrons. The fraction of sp³-hybridized carbons (Fsp3) is 0.605. The third-order valence-corrected chi connectivity index (χ3v) is 11.1. The Labute approximate surface area is 339 Å². The third-order valence-electron chi connectivity index (χ3n) is 9.81. The number of carboxylic acids is 1. The number of hydrogen-bond acceptors (Lipinski definition) is 8. The van der Waals surface area contributed by atoms with Crippen LogP contribution < -0.4 is 14.4 Å². The van der Waals surface area contributed by atoms with E-state index in [-0.39, 0.29) is 36.4 Å². The Morgan fingerprint density at radius 1 is 1.13 bits per heavy atom. The largest absolute Gasteiger partial charge is 0.491 e. The van der Waals surface area contributed by atoms with E-state index in [4.69, 9.17) is 21.1 Å². The van der Waals surface area contributed by atoms with Crippen LogP contribution in [0, 0.1) is 11.8 Å². The van der Waals surface area contributed by atoms with Gasteiger partial charge in [0.15, 0.2) is 0 Å². The molecule has 2 aliphatic carbocycles. The number of hydrogen-bond donors (Lipinski definition) is 3. The van der Waals surface area contributed by atoms with Crippen molar-refractivity contribution < 1.29 is 34.1 Å². The van der Waals surface area contributed by atoms with Crippen LogP contribution in [-0.4, -0.2) is 84.6 Å². The zero-order valence-corrected chi connectivity index (χ0v) is 35.8. The summed E-state index contributed by atoms with van der Waals surface area (Å²) in [6.07, 6.45) is 10.9. The predicted octanol–water partition coefficient (Wildman–Crippen LogP) is 8.84. The normalized spacial score (nSPS) is 19.5. The second-order valence-electron chi connectivity index (χ2n) is 13.8. The highest BCUT2D eigenvalue weighted by molar-refractivity contribution is 7.98. The van der Waals surface area contributed by atoms with Crippen LogP contribution in [0.1, 0.15) is 116 Å². The lowest BCUT2D eigenvalue weighted by molar-refractivity contribution is -0.145. The first-order valence-corrected chi connectivity index (χ1v) is 21.3. The van der Waals surface area contributed by atoms with E-state index < -0.39 is 12.1 Å². The van der Waals surface area contributed by atoms with Crippen LogP contribution in [0.2, 0.25) is 5.02 Å². The average molecular weight is 805 g/mol. The molecule has 308 valence electrons. The molecule has 0 spiro atoms. The number of aliphatic carboxylic acids is 1. The number of carbonyl (C=O) groups is 3. The van der Waals surface area contributed by atoms with Gasteiger partial charge in [0.25, 0.3) is 0 Å². The van der Waals surface area contributed by atoms with Gasteiger partial charge in [0.1, 0.15) is 12.4 Å². The molecular weight excluding hydrogens is 738 g/mol. The Hall–Kier alpha value is -3.25. The molecule has 3 N–H and O–H groups in total. The van der Waals surface area contributed by atoms with E-state index in [1.807, 2.05) is 64.1 Å². The molecule has 5 atom stereocenters. The number of ether oxygens (including phenoxy) is 2. The standard InChI is InChI=1S/C35H47ClN2O6.C4H7NOS.2C2H6/c1-5-8-26-17-29(36)12-14-30(26)28-20-38(32-18-25(23(2)39)11-15-34(32)43-21-28)19-27-10-13-31(27)33(44-22-35(41)42)9-6-7-16-37(4)24(3)40;6-3-5-7-4-1-2-4;2*1-2/h6,9,11-12,14-15,17-18,23,27-28,31,33,39H,5,7-8,10,13,16,19-22H2,1-4H3,(H,41,42);3-4H,1-2H2,(H,5,6);2*1-2H3/b9-6+;;;. The van der Waals surface area contributed by atoms with Gasteiger partial charge in [0.2, 0.25) is 12.3 Å². The lowest BCUT2D eigenvalue weighted by Crippen LogP contribution is -2.45. The lowest BCUT2D eigenvalue weighted by Gasteiger charge is -2.44. The zero-order valence-electron chi connectivity index (χ0n) is 34.3. The summed E-state index contributed by atoms with van der Waals surface area (Å²) >= 11 is 7.92. The first-order valence-electron chi connectivity index (χ1n) is 20.0. The molecule has 0 bridgehead atoms. The van der Waals surface area contributed by atoms with E-state index in [0.29, 0.717) is 19.6 Å². The van der Waals surface area contributed by atoms with E-state index in [1.165, 1.54) is 35.9 Å². The molecule has 12 heteroatoms. The fourth-order valence-electron chi connectivity index (χ4n) is 6.58. The van der Waals surface area contributed by atoms with Gasteiger partial charge in [0.05, 0.1) is 24.5 Å². The highest BCUT2D eigenvalue weighted by atomic mass is 35.5. The highest BCUT2D eigenvalue weighted by Gasteiger charge is 2.39. The summed E-state index contributed by atoms with van der Waals surface area (Å²) in [4.78, 5) is 36.6. The van der Waals surface area contributed by atoms with E-state index in [0.717, 1.165) is 72.5 Å². The minimum atomic E-state index is -0.992. The van der Waals surface area contributed by atoms with Gasteiger partial charge in [-0.15, -0.1) is 0 Å². The second kappa shape index (κ2) is 25.8. The van der Waals surface area contributed by atoms with Crippen molar-refractivity contribution in [2.45, 2.75) is 117 Å². The van der Waals surface area contributed by atoms with Crippen molar-refractivity contribution >= 4 is 47.5 Å². The summed E-state index contributed by atoms with van der Waals surface area (Å²) in [5.41, 5.74) is 4.29. The maximum Gasteiger partial charge on any atom is 0.329 e. The van der Waals surface area contributed by atoms with Crippen molar-refractivity contribution in [2.75, 3.05) is 44.8 Å². The van der Waals surface area contributed by atoms with Crippen molar-refractivity contribution in [3.05, 3.63) is 70.3 Å². The number of rotatable bonds is 17. The van der Waals surface area contributed by atoms with Gasteiger partial charge in [-0.2, -0.15) is 0 Å². The Balaban J connectivity index is 0.000000832. The molecule has 2 aromatic carbocycles. The molecule has 5 unspecified atom stereocenters. The SMILES string of the molecule is CC.CC.CCCc1cc(Cl)ccc1C1COc2ccc(C(C)O)cc2N(CC2CCC2C(/C=C/CCN(C)C(C)=O)OCC(=O)O)C1.O=CNSC1CC1. The van der Waals surface area contributed by atoms with Gasteiger partial charge >= 0.3 is 5.97 Å². The van der Waals surface area contributed by atoms with E-state index in [2.05, 4.69) is 28.7 Å². The predicted molar refractivity (Wildman–Crippen MR) is 226 cm³/mol. The molecule has 3 aliphatic rings. The topological polar surface area (TPSA) is 129 Å². The molecule has 2 fully saturated rings. The summed E-state index contributed by atoms with van der Waals surface area (Å²) in [6, 6.07) is 12.1. The lowest BCUT2D eigenvalue weighted by atomic mass is 9.70. The average Bonchev–Trinajstić information content (AvgIpc) is 4.02. The fourth-order valence-corrected chi connectivity index (χ4v) is 7.40. The minimum absolute atomic E-state index is 0.00955. The highest BCUT2D eigenvalue weighted by Crippen LogP contribution is 2.43. The Bertz CT molecular complexity index is 1490. The number of carbonyl (C=O) groups excluding carboxylic acids is 2. The van der Waals surface area contributed by atoms with Crippen LogP contribution >= 0.6 is 23.5 Å². The molecule has 0 saturated heterocycles. The number of amides is 2. The van der Waals surface area contributed by atoms with Gasteiger partial charge in [-0.25, -0.2) is 4.79 Å². The number of carboxylic acid groups (broad SMARTS) is 1. The Kier molecular flexibility index (Phi) is 22.5. The number of aliphatic hydroxyl groups is 1. The van der Waals surface area contributed by atoms with E-state index in [9.17, 15) is 24.6 Å². The molecule has 1 aliphatic heterocycles. The molecule has 55 heavy (non-hydrogen) atoms. The van der Waals surface area contributed by atoms with Crippen LogP contribution in [0.15, 0.2) is 48.6 Å². The molecule has 2 aromatic rings. The zero-order chi connectivity index (χ0) is 40.9. The number of benzene rings is 2. The van der Waals surface area contributed by atoms with Gasteiger partial charge in [0, 0.05) is 49.8 Å². The molecule has 2 amide bonds. The van der Waals surface area contributed by atoms with Gasteiger partial charge in [-0.1, -0.05) is 76.9 Å². The maximum absolute atomic E-state index is 11.6. The number of fused-ring (bicyclic) bond motifs is 1. The molecular formula is C43H66ClN3O7S. The number of halogens is 1. The molecule has 10 nitrogen and oxygen atoms in total. The van der Waals surface area contributed by atoms with Crippen LogP contribution in [0.4, 0.5) is 5.69 Å². The molecule has 1 heterocycles. The monoisotopic (exact) mass is 803 g/mol. The smallest absolute Gasteiger partial charge is 0.329 e. The third kappa shape index (κ3) is 16.0. The summed E-state index contributed by atoms with van der Waals surface area (Å²) < 4.78 is 14.9. The van der Waals surface area contributed by atoms with E-state index >= 15 is 0 Å². The Morgan fingerprint density at radius 2 is 1.85 bits per heavy atom. The first-order chi connectivity index (χ1) is 26.5. The quantitative estimate of drug-likeness (QED) is 0.0817.